The summed E-state index contributed by atoms with van der Waals surface area (Å²) < 4.78 is 4.82. The molecule has 0 radical (unpaired) electrons. The van der Waals surface area contributed by atoms with Gasteiger partial charge >= 0.3 is 0 Å². The van der Waals surface area contributed by atoms with Gasteiger partial charge in [-0.15, -0.1) is 0 Å². The summed E-state index contributed by atoms with van der Waals surface area (Å²) >= 11 is 10.4. The Bertz CT molecular complexity index is 143. The first-order valence-electron chi connectivity index (χ1n) is 2.86. The summed E-state index contributed by atoms with van der Waals surface area (Å²) in [7, 11) is 0. The zero-order valence-electron chi connectivity index (χ0n) is 5.56. The Morgan fingerprint density at radius 2 is 2.20 bits per heavy atom. The van der Waals surface area contributed by atoms with Crippen LogP contribution in [0.1, 0.15) is 13.3 Å². The van der Waals surface area contributed by atoms with Gasteiger partial charge in [0.25, 0.3) is 0 Å². The molecule has 0 aliphatic heterocycles. The fourth-order valence-electron chi connectivity index (χ4n) is 0.330. The molecule has 0 fully saturated rings. The Labute approximate surface area is 69.8 Å². The van der Waals surface area contributed by atoms with Crippen molar-refractivity contribution in [2.24, 2.45) is 0 Å². The Kier molecular flexibility index (Phi) is 5.45. The summed E-state index contributed by atoms with van der Waals surface area (Å²) in [4.78, 5) is 10.1. The van der Waals surface area contributed by atoms with Crippen molar-refractivity contribution in [2.75, 3.05) is 6.61 Å². The SMILES string of the molecule is CCCO/C(Cl)=C\C(=O)Cl. The quantitative estimate of drug-likeness (QED) is 0.379. The van der Waals surface area contributed by atoms with Crippen LogP contribution in [0, 0.1) is 0 Å². The largest absolute Gasteiger partial charge is 0.483 e. The lowest BCUT2D eigenvalue weighted by Crippen LogP contribution is -1.89. The number of allylic oxidation sites excluding steroid dienone is 1. The first-order chi connectivity index (χ1) is 4.66. The molecular formula is C6H8Cl2O2. The third kappa shape index (κ3) is 5.92. The highest BCUT2D eigenvalue weighted by Crippen LogP contribution is 2.04. The second-order valence-corrected chi connectivity index (χ2v) is 2.35. The van der Waals surface area contributed by atoms with Gasteiger partial charge in [0.1, 0.15) is 0 Å². The van der Waals surface area contributed by atoms with Crippen LogP contribution < -0.4 is 0 Å². The predicted molar refractivity (Wildman–Crippen MR) is 41.0 cm³/mol. The van der Waals surface area contributed by atoms with Gasteiger partial charge in [0, 0.05) is 0 Å². The first-order valence-corrected chi connectivity index (χ1v) is 3.62. The van der Waals surface area contributed by atoms with E-state index in [1.807, 2.05) is 6.92 Å². The number of hydrogen-bond acceptors (Lipinski definition) is 2. The van der Waals surface area contributed by atoms with E-state index in [0.29, 0.717) is 6.61 Å². The van der Waals surface area contributed by atoms with Crippen molar-refractivity contribution in [1.82, 2.24) is 0 Å². The summed E-state index contributed by atoms with van der Waals surface area (Å²) in [5.74, 6) is 0. The van der Waals surface area contributed by atoms with Crippen LogP contribution in [0.15, 0.2) is 11.3 Å². The van der Waals surface area contributed by atoms with E-state index in [1.54, 1.807) is 0 Å². The molecule has 0 saturated heterocycles. The van der Waals surface area contributed by atoms with Gasteiger partial charge in [0.2, 0.25) is 5.24 Å². The molecule has 58 valence electrons. The number of carbonyl (C=O) groups is 1. The molecule has 0 bridgehead atoms. The fourth-order valence-corrected chi connectivity index (χ4v) is 0.662. The molecule has 0 aromatic rings. The molecular weight excluding hydrogens is 175 g/mol. The maximum Gasteiger partial charge on any atom is 0.249 e. The van der Waals surface area contributed by atoms with E-state index in [1.165, 1.54) is 0 Å². The first kappa shape index (κ1) is 9.79. The van der Waals surface area contributed by atoms with Crippen LogP contribution in [0.5, 0.6) is 0 Å². The fraction of sp³-hybridized carbons (Fsp3) is 0.500. The maximum absolute atomic E-state index is 10.1. The molecule has 10 heavy (non-hydrogen) atoms. The average Bonchev–Trinajstić information content (AvgIpc) is 1.82. The Balaban J connectivity index is 3.60. The molecule has 0 atom stereocenters. The summed E-state index contributed by atoms with van der Waals surface area (Å²) in [6.45, 7) is 2.44. The Morgan fingerprint density at radius 3 is 2.60 bits per heavy atom. The topological polar surface area (TPSA) is 26.3 Å². The average molecular weight is 183 g/mol. The highest BCUT2D eigenvalue weighted by molar-refractivity contribution is 6.67. The molecule has 0 aromatic heterocycles. The van der Waals surface area contributed by atoms with Crippen LogP contribution in [-0.2, 0) is 9.53 Å². The van der Waals surface area contributed by atoms with E-state index in [-0.39, 0.29) is 5.22 Å². The van der Waals surface area contributed by atoms with Gasteiger partial charge in [-0.3, -0.25) is 4.79 Å². The number of halogens is 2. The molecule has 0 rings (SSSR count). The predicted octanol–water partition coefficient (Wildman–Crippen LogP) is 2.26. The lowest BCUT2D eigenvalue weighted by Gasteiger charge is -1.98. The Hall–Kier alpha value is -0.210. The van der Waals surface area contributed by atoms with Crippen molar-refractivity contribution in [2.45, 2.75) is 13.3 Å². The zero-order chi connectivity index (χ0) is 7.98. The minimum atomic E-state index is -0.624. The van der Waals surface area contributed by atoms with E-state index >= 15 is 0 Å². The van der Waals surface area contributed by atoms with E-state index in [4.69, 9.17) is 27.9 Å². The number of carbonyl (C=O) groups excluding carboxylic acids is 1. The summed E-state index contributed by atoms with van der Waals surface area (Å²) in [6, 6.07) is 0. The van der Waals surface area contributed by atoms with Crippen molar-refractivity contribution in [3.05, 3.63) is 11.3 Å². The minimum Gasteiger partial charge on any atom is -0.483 e. The van der Waals surface area contributed by atoms with Crippen molar-refractivity contribution < 1.29 is 9.53 Å². The van der Waals surface area contributed by atoms with Crippen LogP contribution in [0.25, 0.3) is 0 Å². The van der Waals surface area contributed by atoms with Gasteiger partial charge in [-0.1, -0.05) is 6.92 Å². The minimum absolute atomic E-state index is 0.0434. The third-order valence-corrected chi connectivity index (χ3v) is 0.998. The molecule has 0 N–H and O–H groups in total. The summed E-state index contributed by atoms with van der Waals surface area (Å²) in [5, 5.41) is -0.581. The molecule has 0 amide bonds. The second-order valence-electron chi connectivity index (χ2n) is 1.60. The van der Waals surface area contributed by atoms with Gasteiger partial charge in [-0.05, 0) is 29.6 Å². The third-order valence-electron chi connectivity index (χ3n) is 0.671. The van der Waals surface area contributed by atoms with Gasteiger partial charge in [-0.2, -0.15) is 0 Å². The standard InChI is InChI=1S/C6H8Cl2O2/c1-2-3-10-6(8)4-5(7)9/h4H,2-3H2,1H3/b6-4-. The van der Waals surface area contributed by atoms with Crippen molar-refractivity contribution >= 4 is 28.4 Å². The van der Waals surface area contributed by atoms with Crippen LogP contribution in [0.4, 0.5) is 0 Å². The lowest BCUT2D eigenvalue weighted by atomic mass is 10.5. The van der Waals surface area contributed by atoms with E-state index in [2.05, 4.69) is 0 Å². The normalized spacial score (nSPS) is 11.3. The van der Waals surface area contributed by atoms with Gasteiger partial charge in [-0.25, -0.2) is 0 Å². The molecule has 0 saturated carbocycles. The van der Waals surface area contributed by atoms with Gasteiger partial charge in [0.15, 0.2) is 5.22 Å². The van der Waals surface area contributed by atoms with Crippen LogP contribution in [0.2, 0.25) is 0 Å². The number of rotatable bonds is 4. The second kappa shape index (κ2) is 5.57. The molecule has 0 aromatic carbocycles. The van der Waals surface area contributed by atoms with Crippen LogP contribution >= 0.6 is 23.2 Å². The number of ether oxygens (including phenoxy) is 1. The van der Waals surface area contributed by atoms with E-state index < -0.39 is 5.24 Å². The van der Waals surface area contributed by atoms with E-state index in [0.717, 1.165) is 12.5 Å². The molecule has 0 spiro atoms. The smallest absolute Gasteiger partial charge is 0.249 e. The van der Waals surface area contributed by atoms with Crippen molar-refractivity contribution in [1.29, 1.82) is 0 Å². The van der Waals surface area contributed by atoms with Gasteiger partial charge in [0.05, 0.1) is 12.7 Å². The maximum atomic E-state index is 10.1. The monoisotopic (exact) mass is 182 g/mol. The molecule has 0 unspecified atom stereocenters. The van der Waals surface area contributed by atoms with Crippen molar-refractivity contribution in [3.63, 3.8) is 0 Å². The number of hydrogen-bond donors (Lipinski definition) is 0. The molecule has 0 aliphatic rings. The molecule has 0 aliphatic carbocycles. The summed E-state index contributed by atoms with van der Waals surface area (Å²) in [5.41, 5.74) is 0. The Morgan fingerprint density at radius 1 is 1.60 bits per heavy atom. The highest BCUT2D eigenvalue weighted by Gasteiger charge is 1.94. The van der Waals surface area contributed by atoms with Crippen LogP contribution in [-0.4, -0.2) is 11.8 Å². The van der Waals surface area contributed by atoms with Crippen molar-refractivity contribution in [3.8, 4) is 0 Å². The zero-order valence-corrected chi connectivity index (χ0v) is 7.08. The highest BCUT2D eigenvalue weighted by atomic mass is 35.5. The summed E-state index contributed by atoms with van der Waals surface area (Å²) in [6.07, 6.45) is 1.87. The molecule has 0 heterocycles. The van der Waals surface area contributed by atoms with E-state index in [9.17, 15) is 4.79 Å². The van der Waals surface area contributed by atoms with Crippen LogP contribution in [0.3, 0.4) is 0 Å². The molecule has 2 nitrogen and oxygen atoms in total. The molecule has 4 heteroatoms. The lowest BCUT2D eigenvalue weighted by molar-refractivity contribution is -0.107. The van der Waals surface area contributed by atoms with Gasteiger partial charge < -0.3 is 4.74 Å².